The number of hydrogen-bond acceptors (Lipinski definition) is 7. The number of benzene rings is 2. The second-order valence-corrected chi connectivity index (χ2v) is 10.5. The van der Waals surface area contributed by atoms with Gasteiger partial charge in [-0.3, -0.25) is 4.79 Å². The Kier molecular flexibility index (Phi) is 6.13. The summed E-state index contributed by atoms with van der Waals surface area (Å²) in [5, 5.41) is 4.10. The monoisotopic (exact) mass is 512 g/mol. The molecule has 2 aromatic carbocycles. The highest BCUT2D eigenvalue weighted by molar-refractivity contribution is 7.14. The van der Waals surface area contributed by atoms with Crippen molar-refractivity contribution in [3.63, 3.8) is 0 Å². The van der Waals surface area contributed by atoms with Gasteiger partial charge in [-0.25, -0.2) is 9.97 Å². The molecular weight excluding hydrogens is 488 g/mol. The average molecular weight is 513 g/mol. The number of amides is 1. The Morgan fingerprint density at radius 3 is 2.03 bits per heavy atom. The molecule has 4 heterocycles. The van der Waals surface area contributed by atoms with Crippen molar-refractivity contribution in [1.82, 2.24) is 14.9 Å². The van der Waals surface area contributed by atoms with Crippen molar-refractivity contribution < 1.29 is 9.53 Å². The van der Waals surface area contributed by atoms with Crippen LogP contribution in [-0.2, 0) is 0 Å². The number of piperazine rings is 1. The van der Waals surface area contributed by atoms with Crippen molar-refractivity contribution in [2.75, 3.05) is 38.2 Å². The second kappa shape index (κ2) is 9.72. The highest BCUT2D eigenvalue weighted by Gasteiger charge is 2.23. The van der Waals surface area contributed by atoms with Crippen LogP contribution in [0.1, 0.15) is 10.4 Å². The Morgan fingerprint density at radius 1 is 0.806 bits per heavy atom. The third-order valence-corrected chi connectivity index (χ3v) is 8.18. The van der Waals surface area contributed by atoms with Crippen molar-refractivity contribution in [3.05, 3.63) is 83.1 Å². The number of carbonyl (C=O) groups is 1. The number of fused-ring (bicyclic) bond motifs is 1. The van der Waals surface area contributed by atoms with Gasteiger partial charge in [0, 0.05) is 37.4 Å². The Morgan fingerprint density at radius 2 is 1.44 bits per heavy atom. The van der Waals surface area contributed by atoms with Gasteiger partial charge in [0.05, 0.1) is 27.9 Å². The van der Waals surface area contributed by atoms with Crippen LogP contribution in [0.3, 0.4) is 0 Å². The van der Waals surface area contributed by atoms with Crippen LogP contribution in [0, 0.1) is 0 Å². The molecule has 0 bridgehead atoms. The summed E-state index contributed by atoms with van der Waals surface area (Å²) in [5.74, 6) is 0.879. The predicted octanol–water partition coefficient (Wildman–Crippen LogP) is 6.06. The van der Waals surface area contributed by atoms with E-state index in [0.717, 1.165) is 56.7 Å². The van der Waals surface area contributed by atoms with E-state index in [1.54, 1.807) is 29.8 Å². The van der Waals surface area contributed by atoms with Gasteiger partial charge in [0.2, 0.25) is 0 Å². The summed E-state index contributed by atoms with van der Waals surface area (Å²) in [6.07, 6.45) is 0. The Balaban J connectivity index is 1.25. The van der Waals surface area contributed by atoms with E-state index in [2.05, 4.69) is 34.5 Å². The minimum atomic E-state index is 0.0353. The third-order valence-electron chi connectivity index (χ3n) is 6.42. The van der Waals surface area contributed by atoms with Crippen LogP contribution < -0.4 is 9.64 Å². The smallest absolute Gasteiger partial charge is 0.254 e. The maximum Gasteiger partial charge on any atom is 0.254 e. The first-order valence-corrected chi connectivity index (χ1v) is 13.5. The van der Waals surface area contributed by atoms with E-state index in [9.17, 15) is 4.79 Å². The quantitative estimate of drug-likeness (QED) is 0.287. The van der Waals surface area contributed by atoms with E-state index >= 15 is 0 Å². The molecule has 0 spiro atoms. The molecule has 0 radical (unpaired) electrons. The van der Waals surface area contributed by atoms with Crippen LogP contribution in [0.15, 0.2) is 77.5 Å². The van der Waals surface area contributed by atoms with E-state index in [4.69, 9.17) is 14.7 Å². The van der Waals surface area contributed by atoms with E-state index in [1.165, 1.54) is 0 Å². The van der Waals surface area contributed by atoms with Crippen molar-refractivity contribution in [2.24, 2.45) is 0 Å². The molecule has 6 rings (SSSR count). The molecule has 3 aromatic heterocycles. The van der Waals surface area contributed by atoms with Crippen LogP contribution >= 0.6 is 22.7 Å². The van der Waals surface area contributed by atoms with Gasteiger partial charge in [0.1, 0.15) is 17.1 Å². The molecule has 36 heavy (non-hydrogen) atoms. The first kappa shape index (κ1) is 22.7. The summed E-state index contributed by atoms with van der Waals surface area (Å²) in [6.45, 7) is 2.93. The number of thiophene rings is 2. The van der Waals surface area contributed by atoms with Crippen LogP contribution in [0.5, 0.6) is 5.75 Å². The lowest BCUT2D eigenvalue weighted by Gasteiger charge is -2.36. The molecule has 1 saturated heterocycles. The molecule has 0 atom stereocenters. The fourth-order valence-electron chi connectivity index (χ4n) is 4.50. The SMILES string of the molecule is COc1ccc(N2CCN(C(=O)c3ccc4nc(-c5cccs5)c(-c5cccs5)nc4c3)CC2)cc1. The van der Waals surface area contributed by atoms with Gasteiger partial charge >= 0.3 is 0 Å². The number of nitrogens with zero attached hydrogens (tertiary/aromatic N) is 4. The van der Waals surface area contributed by atoms with Crippen molar-refractivity contribution >= 4 is 45.3 Å². The van der Waals surface area contributed by atoms with Crippen molar-refractivity contribution in [2.45, 2.75) is 0 Å². The molecule has 1 fully saturated rings. The molecule has 0 N–H and O–H groups in total. The number of methoxy groups -OCH3 is 1. The molecule has 5 aromatic rings. The van der Waals surface area contributed by atoms with Gasteiger partial charge in [-0.05, 0) is 65.4 Å². The molecule has 8 heteroatoms. The van der Waals surface area contributed by atoms with Gasteiger partial charge in [-0.15, -0.1) is 22.7 Å². The summed E-state index contributed by atoms with van der Waals surface area (Å²) in [4.78, 5) is 29.7. The maximum atomic E-state index is 13.4. The van der Waals surface area contributed by atoms with Crippen LogP contribution in [0.4, 0.5) is 5.69 Å². The summed E-state index contributed by atoms with van der Waals surface area (Å²) in [7, 11) is 1.67. The summed E-state index contributed by atoms with van der Waals surface area (Å²) in [6, 6.07) is 21.9. The van der Waals surface area contributed by atoms with Crippen LogP contribution in [0.25, 0.3) is 32.2 Å². The fraction of sp³-hybridized carbons (Fsp3) is 0.179. The highest BCUT2D eigenvalue weighted by Crippen LogP contribution is 2.35. The molecular formula is C28H24N4O2S2. The first-order valence-electron chi connectivity index (χ1n) is 11.8. The molecule has 0 unspecified atom stereocenters. The average Bonchev–Trinajstić information content (AvgIpc) is 3.67. The lowest BCUT2D eigenvalue weighted by molar-refractivity contribution is 0.0747. The van der Waals surface area contributed by atoms with Crippen molar-refractivity contribution in [1.29, 1.82) is 0 Å². The number of aromatic nitrogens is 2. The van der Waals surface area contributed by atoms with E-state index in [0.29, 0.717) is 18.7 Å². The number of hydrogen-bond donors (Lipinski definition) is 0. The lowest BCUT2D eigenvalue weighted by atomic mass is 10.1. The Labute approximate surface area is 217 Å². The van der Waals surface area contributed by atoms with Crippen LogP contribution in [-0.4, -0.2) is 54.1 Å². The van der Waals surface area contributed by atoms with Gasteiger partial charge in [-0.1, -0.05) is 12.1 Å². The zero-order valence-corrected chi connectivity index (χ0v) is 21.4. The van der Waals surface area contributed by atoms with Gasteiger partial charge in [-0.2, -0.15) is 0 Å². The largest absolute Gasteiger partial charge is 0.497 e. The molecule has 0 aliphatic carbocycles. The minimum Gasteiger partial charge on any atom is -0.497 e. The highest BCUT2D eigenvalue weighted by atomic mass is 32.1. The number of carbonyl (C=O) groups excluding carboxylic acids is 1. The third kappa shape index (κ3) is 4.34. The van der Waals surface area contributed by atoms with Crippen molar-refractivity contribution in [3.8, 4) is 26.9 Å². The van der Waals surface area contributed by atoms with Gasteiger partial charge < -0.3 is 14.5 Å². The Hall–Kier alpha value is -3.75. The van der Waals surface area contributed by atoms with E-state index in [-0.39, 0.29) is 5.91 Å². The maximum absolute atomic E-state index is 13.4. The van der Waals surface area contributed by atoms with E-state index in [1.807, 2.05) is 52.7 Å². The second-order valence-electron chi connectivity index (χ2n) is 8.56. The lowest BCUT2D eigenvalue weighted by Crippen LogP contribution is -2.48. The topological polar surface area (TPSA) is 58.6 Å². The summed E-state index contributed by atoms with van der Waals surface area (Å²) in [5.41, 5.74) is 5.06. The zero-order chi connectivity index (χ0) is 24.5. The fourth-order valence-corrected chi connectivity index (χ4v) is 5.93. The molecule has 1 aliphatic rings. The molecule has 1 amide bonds. The normalized spacial score (nSPS) is 13.8. The standard InChI is InChI=1S/C28H24N4O2S2/c1-34-21-9-7-20(8-10-21)31-12-14-32(15-13-31)28(33)19-6-11-22-23(18-19)30-27(25-5-3-17-36-25)26(29-22)24-4-2-16-35-24/h2-11,16-18H,12-15H2,1H3. The summed E-state index contributed by atoms with van der Waals surface area (Å²) < 4.78 is 5.26. The molecule has 180 valence electrons. The minimum absolute atomic E-state index is 0.0353. The molecule has 0 saturated carbocycles. The molecule has 1 aliphatic heterocycles. The number of rotatable bonds is 5. The number of anilines is 1. The van der Waals surface area contributed by atoms with E-state index < -0.39 is 0 Å². The molecule has 6 nitrogen and oxygen atoms in total. The first-order chi connectivity index (χ1) is 17.7. The Bertz CT molecular complexity index is 1490. The van der Waals surface area contributed by atoms with Crippen LogP contribution in [0.2, 0.25) is 0 Å². The predicted molar refractivity (Wildman–Crippen MR) is 147 cm³/mol. The zero-order valence-electron chi connectivity index (χ0n) is 19.8. The van der Waals surface area contributed by atoms with Gasteiger partial charge in [0.25, 0.3) is 5.91 Å². The summed E-state index contributed by atoms with van der Waals surface area (Å²) >= 11 is 3.30. The van der Waals surface area contributed by atoms with Gasteiger partial charge in [0.15, 0.2) is 0 Å². The number of ether oxygens (including phenoxy) is 1.